The fourth-order valence-electron chi connectivity index (χ4n) is 2.49. The Morgan fingerprint density at radius 1 is 1.11 bits per heavy atom. The number of aromatic nitrogens is 2. The van der Waals surface area contributed by atoms with Gasteiger partial charge in [-0.1, -0.05) is 30.3 Å². The second-order valence-corrected chi connectivity index (χ2v) is 8.11. The normalized spacial score (nSPS) is 11.7. The van der Waals surface area contributed by atoms with E-state index in [2.05, 4.69) is 10.2 Å². The molecule has 27 heavy (non-hydrogen) atoms. The van der Waals surface area contributed by atoms with Crippen LogP contribution in [-0.2, 0) is 21.4 Å². The molecule has 140 valence electrons. The summed E-state index contributed by atoms with van der Waals surface area (Å²) in [6, 6.07) is 12.7. The molecular formula is C18H17N3O5S. The summed E-state index contributed by atoms with van der Waals surface area (Å²) < 4.78 is 30.8. The van der Waals surface area contributed by atoms with E-state index < -0.39 is 21.6 Å². The van der Waals surface area contributed by atoms with E-state index >= 15 is 0 Å². The molecule has 0 saturated carbocycles. The minimum Gasteiger partial charge on any atom is -0.456 e. The van der Waals surface area contributed by atoms with Crippen molar-refractivity contribution >= 4 is 26.8 Å². The molecule has 1 heterocycles. The van der Waals surface area contributed by atoms with Gasteiger partial charge in [0.15, 0.2) is 5.69 Å². The number of rotatable bonds is 5. The molecule has 0 aliphatic heterocycles. The average Bonchev–Trinajstić information content (AvgIpc) is 2.67. The molecule has 0 aliphatic rings. The van der Waals surface area contributed by atoms with Gasteiger partial charge in [-0.25, -0.2) is 22.6 Å². The largest absolute Gasteiger partial charge is 0.456 e. The Morgan fingerprint density at radius 3 is 2.52 bits per heavy atom. The number of hydrogen-bond donors (Lipinski definition) is 1. The topological polar surface area (TPSA) is 109 Å². The number of aromatic amines is 1. The highest BCUT2D eigenvalue weighted by molar-refractivity contribution is 7.89. The van der Waals surface area contributed by atoms with Crippen molar-refractivity contribution in [1.29, 1.82) is 0 Å². The minimum atomic E-state index is -3.58. The Morgan fingerprint density at radius 2 is 1.81 bits per heavy atom. The molecule has 0 aliphatic carbocycles. The lowest BCUT2D eigenvalue weighted by atomic mass is 10.1. The van der Waals surface area contributed by atoms with Gasteiger partial charge in [-0.2, -0.15) is 5.10 Å². The quantitative estimate of drug-likeness (QED) is 0.665. The molecule has 0 atom stereocenters. The van der Waals surface area contributed by atoms with Crippen LogP contribution < -0.4 is 5.56 Å². The van der Waals surface area contributed by atoms with Crippen molar-refractivity contribution in [2.24, 2.45) is 0 Å². The Bertz CT molecular complexity index is 1170. The number of carbonyl (C=O) groups excluding carboxylic acids is 1. The predicted octanol–water partition coefficient (Wildman–Crippen LogP) is 1.53. The highest BCUT2D eigenvalue weighted by Crippen LogP contribution is 2.17. The molecule has 0 radical (unpaired) electrons. The van der Waals surface area contributed by atoms with E-state index in [0.717, 1.165) is 4.31 Å². The second-order valence-electron chi connectivity index (χ2n) is 5.96. The molecule has 3 aromatic rings. The van der Waals surface area contributed by atoms with Crippen molar-refractivity contribution in [3.05, 3.63) is 70.1 Å². The molecule has 0 bridgehead atoms. The Hall–Kier alpha value is -3.04. The van der Waals surface area contributed by atoms with Crippen LogP contribution >= 0.6 is 0 Å². The molecule has 9 heteroatoms. The van der Waals surface area contributed by atoms with Crippen molar-refractivity contribution in [3.8, 4) is 0 Å². The summed E-state index contributed by atoms with van der Waals surface area (Å²) in [4.78, 5) is 24.3. The van der Waals surface area contributed by atoms with E-state index in [1.165, 1.54) is 26.2 Å². The molecule has 1 N–H and O–H groups in total. The van der Waals surface area contributed by atoms with Gasteiger partial charge >= 0.3 is 5.97 Å². The fourth-order valence-corrected chi connectivity index (χ4v) is 3.47. The molecule has 0 unspecified atom stereocenters. The fraction of sp³-hybridized carbons (Fsp3) is 0.167. The zero-order valence-electron chi connectivity index (χ0n) is 14.7. The first-order valence-corrected chi connectivity index (χ1v) is 9.41. The van der Waals surface area contributed by atoms with Gasteiger partial charge in [0.05, 0.1) is 10.3 Å². The van der Waals surface area contributed by atoms with Crippen molar-refractivity contribution < 1.29 is 17.9 Å². The second kappa shape index (κ2) is 7.29. The van der Waals surface area contributed by atoms with Gasteiger partial charge in [0.1, 0.15) is 6.61 Å². The maximum Gasteiger partial charge on any atom is 0.359 e. The lowest BCUT2D eigenvalue weighted by Gasteiger charge is -2.12. The Kier molecular flexibility index (Phi) is 5.06. The lowest BCUT2D eigenvalue weighted by Crippen LogP contribution is -2.22. The summed E-state index contributed by atoms with van der Waals surface area (Å²) in [6.45, 7) is -0.134. The smallest absolute Gasteiger partial charge is 0.359 e. The van der Waals surface area contributed by atoms with Crippen LogP contribution in [0.3, 0.4) is 0 Å². The number of benzene rings is 2. The van der Waals surface area contributed by atoms with E-state index in [4.69, 9.17) is 4.74 Å². The van der Waals surface area contributed by atoms with E-state index in [1.54, 1.807) is 36.4 Å². The van der Waals surface area contributed by atoms with Crippen LogP contribution in [0.5, 0.6) is 0 Å². The number of nitrogens with one attached hydrogen (secondary N) is 1. The standard InChI is InChI=1S/C18H17N3O5S/c1-21(2)27(24,25)13-7-5-6-12(10-13)11-26-18(23)16-14-8-3-4-9-15(14)17(22)20-19-16/h3-10H,11H2,1-2H3,(H,20,22). The summed E-state index contributed by atoms with van der Waals surface area (Å²) >= 11 is 0. The molecule has 8 nitrogen and oxygen atoms in total. The maximum absolute atomic E-state index is 12.4. The summed E-state index contributed by atoms with van der Waals surface area (Å²) in [5, 5.41) is 6.77. The van der Waals surface area contributed by atoms with Crippen LogP contribution in [0.15, 0.2) is 58.2 Å². The average molecular weight is 387 g/mol. The third kappa shape index (κ3) is 3.74. The highest BCUT2D eigenvalue weighted by atomic mass is 32.2. The summed E-state index contributed by atoms with van der Waals surface area (Å²) in [7, 11) is -0.704. The van der Waals surface area contributed by atoms with Crippen molar-refractivity contribution in [2.75, 3.05) is 14.1 Å². The number of hydrogen-bond acceptors (Lipinski definition) is 6. The van der Waals surface area contributed by atoms with Gasteiger partial charge in [-0.05, 0) is 23.8 Å². The van der Waals surface area contributed by atoms with E-state index in [9.17, 15) is 18.0 Å². The highest BCUT2D eigenvalue weighted by Gasteiger charge is 2.18. The van der Waals surface area contributed by atoms with Gasteiger partial charge in [0.25, 0.3) is 5.56 Å². The van der Waals surface area contributed by atoms with Crippen molar-refractivity contribution in [3.63, 3.8) is 0 Å². The number of ether oxygens (including phenoxy) is 1. The zero-order chi connectivity index (χ0) is 19.6. The summed E-state index contributed by atoms with van der Waals surface area (Å²) in [5.74, 6) is -0.719. The van der Waals surface area contributed by atoms with E-state index in [0.29, 0.717) is 16.3 Å². The monoisotopic (exact) mass is 387 g/mol. The molecule has 0 fully saturated rings. The van der Waals surface area contributed by atoms with Gasteiger partial charge in [-0.15, -0.1) is 0 Å². The van der Waals surface area contributed by atoms with E-state index in [-0.39, 0.29) is 17.2 Å². The lowest BCUT2D eigenvalue weighted by molar-refractivity contribution is 0.0466. The summed E-state index contributed by atoms with van der Waals surface area (Å²) in [5.41, 5.74) is 0.103. The molecule has 1 aromatic heterocycles. The van der Waals surface area contributed by atoms with E-state index in [1.807, 2.05) is 0 Å². The number of carbonyl (C=O) groups is 1. The Balaban J connectivity index is 1.84. The molecule has 0 amide bonds. The number of esters is 1. The first-order chi connectivity index (χ1) is 12.8. The van der Waals surface area contributed by atoms with Gasteiger partial charge in [0, 0.05) is 19.5 Å². The van der Waals surface area contributed by atoms with Crippen LogP contribution in [-0.4, -0.2) is 43.0 Å². The molecular weight excluding hydrogens is 370 g/mol. The molecule has 0 saturated heterocycles. The number of nitrogens with zero attached hydrogens (tertiary/aromatic N) is 2. The number of H-pyrrole nitrogens is 1. The maximum atomic E-state index is 12.4. The van der Waals surface area contributed by atoms with Gasteiger partial charge in [0.2, 0.25) is 10.0 Å². The van der Waals surface area contributed by atoms with Crippen molar-refractivity contribution in [2.45, 2.75) is 11.5 Å². The molecule has 0 spiro atoms. The van der Waals surface area contributed by atoms with Crippen LogP contribution in [0.25, 0.3) is 10.8 Å². The third-order valence-electron chi connectivity index (χ3n) is 3.94. The van der Waals surface area contributed by atoms with Crippen LogP contribution in [0.1, 0.15) is 16.1 Å². The van der Waals surface area contributed by atoms with Crippen LogP contribution in [0.4, 0.5) is 0 Å². The first-order valence-electron chi connectivity index (χ1n) is 7.96. The van der Waals surface area contributed by atoms with Crippen molar-refractivity contribution in [1.82, 2.24) is 14.5 Å². The SMILES string of the molecule is CN(C)S(=O)(=O)c1cccc(COC(=O)c2n[nH]c(=O)c3ccccc23)c1. The number of sulfonamides is 1. The predicted molar refractivity (Wildman–Crippen MR) is 98.8 cm³/mol. The molecule has 3 rings (SSSR count). The Labute approximate surface area is 155 Å². The van der Waals surface area contributed by atoms with Crippen LogP contribution in [0.2, 0.25) is 0 Å². The first kappa shape index (κ1) is 18.7. The summed E-state index contributed by atoms with van der Waals surface area (Å²) in [6.07, 6.45) is 0. The minimum absolute atomic E-state index is 0.0118. The van der Waals surface area contributed by atoms with Crippen LogP contribution in [0, 0.1) is 0 Å². The molecule has 2 aromatic carbocycles. The zero-order valence-corrected chi connectivity index (χ0v) is 15.5. The number of fused-ring (bicyclic) bond motifs is 1. The van der Waals surface area contributed by atoms with Gasteiger partial charge in [-0.3, -0.25) is 4.79 Å². The van der Waals surface area contributed by atoms with Gasteiger partial charge < -0.3 is 4.74 Å². The third-order valence-corrected chi connectivity index (χ3v) is 5.75.